The van der Waals surface area contributed by atoms with Gasteiger partial charge in [-0.25, -0.2) is 4.79 Å². The Morgan fingerprint density at radius 3 is 2.58 bits per heavy atom. The minimum absolute atomic E-state index is 0.00582. The van der Waals surface area contributed by atoms with E-state index in [-0.39, 0.29) is 24.2 Å². The number of fused-ring (bicyclic) bond motifs is 2. The molecular weight excluding hydrogens is 330 g/mol. The number of imidazole rings is 1. The van der Waals surface area contributed by atoms with E-state index < -0.39 is 0 Å². The summed E-state index contributed by atoms with van der Waals surface area (Å²) >= 11 is 0. The van der Waals surface area contributed by atoms with Crippen molar-refractivity contribution in [3.8, 4) is 5.75 Å². The predicted octanol–water partition coefficient (Wildman–Crippen LogP) is 2.46. The molecule has 0 spiro atoms. The summed E-state index contributed by atoms with van der Waals surface area (Å²) in [6, 6.07) is 15.2. The van der Waals surface area contributed by atoms with Crippen LogP contribution in [0.25, 0.3) is 11.0 Å². The predicted molar refractivity (Wildman–Crippen MR) is 99.3 cm³/mol. The van der Waals surface area contributed by atoms with Crippen molar-refractivity contribution in [2.24, 2.45) is 0 Å². The molecule has 6 nitrogen and oxygen atoms in total. The number of amides is 1. The highest BCUT2D eigenvalue weighted by Gasteiger charge is 2.23. The molecule has 1 amide bonds. The molecule has 2 aromatic carbocycles. The fourth-order valence-electron chi connectivity index (χ4n) is 3.61. The summed E-state index contributed by atoms with van der Waals surface area (Å²) in [7, 11) is 0. The van der Waals surface area contributed by atoms with Gasteiger partial charge in [0.2, 0.25) is 5.91 Å². The first-order valence-electron chi connectivity index (χ1n) is 8.88. The average Bonchev–Trinajstić information content (AvgIpc) is 2.93. The molecule has 1 aliphatic rings. The van der Waals surface area contributed by atoms with Crippen molar-refractivity contribution < 1.29 is 9.53 Å². The number of para-hydroxylation sites is 3. The second-order valence-electron chi connectivity index (χ2n) is 6.40. The molecule has 0 bridgehead atoms. The maximum Gasteiger partial charge on any atom is 0.329 e. The van der Waals surface area contributed by atoms with Gasteiger partial charge in [-0.3, -0.25) is 13.9 Å². The molecule has 1 atom stereocenters. The van der Waals surface area contributed by atoms with Gasteiger partial charge < -0.3 is 10.1 Å². The first-order valence-corrected chi connectivity index (χ1v) is 8.88. The van der Waals surface area contributed by atoms with Crippen molar-refractivity contribution >= 4 is 16.9 Å². The molecule has 3 aromatic rings. The second-order valence-corrected chi connectivity index (χ2v) is 6.40. The second kappa shape index (κ2) is 6.71. The summed E-state index contributed by atoms with van der Waals surface area (Å²) in [5.74, 6) is 0.636. The van der Waals surface area contributed by atoms with Crippen LogP contribution in [0.2, 0.25) is 0 Å². The number of hydrogen-bond acceptors (Lipinski definition) is 3. The number of carbonyl (C=O) groups is 1. The molecule has 0 radical (unpaired) electrons. The molecule has 26 heavy (non-hydrogen) atoms. The Morgan fingerprint density at radius 2 is 1.81 bits per heavy atom. The Labute approximate surface area is 151 Å². The first-order chi connectivity index (χ1) is 12.7. The van der Waals surface area contributed by atoms with Crippen molar-refractivity contribution in [2.75, 3.05) is 6.61 Å². The summed E-state index contributed by atoms with van der Waals surface area (Å²) in [6.45, 7) is 3.07. The van der Waals surface area contributed by atoms with E-state index in [0.717, 1.165) is 22.3 Å². The number of benzene rings is 2. The van der Waals surface area contributed by atoms with E-state index in [2.05, 4.69) is 5.32 Å². The average molecular weight is 351 g/mol. The summed E-state index contributed by atoms with van der Waals surface area (Å²) in [5.41, 5.74) is 2.46. The third-order valence-corrected chi connectivity index (χ3v) is 4.84. The van der Waals surface area contributed by atoms with Gasteiger partial charge in [-0.2, -0.15) is 0 Å². The Morgan fingerprint density at radius 1 is 1.12 bits per heavy atom. The van der Waals surface area contributed by atoms with Crippen LogP contribution in [0, 0.1) is 0 Å². The topological polar surface area (TPSA) is 65.3 Å². The minimum Gasteiger partial charge on any atom is -0.493 e. The number of hydrogen-bond donors (Lipinski definition) is 1. The quantitative estimate of drug-likeness (QED) is 0.785. The summed E-state index contributed by atoms with van der Waals surface area (Å²) in [4.78, 5) is 25.3. The number of nitrogens with one attached hydrogen (secondary N) is 1. The number of nitrogens with zero attached hydrogens (tertiary/aromatic N) is 2. The van der Waals surface area contributed by atoms with Gasteiger partial charge >= 0.3 is 5.69 Å². The normalized spacial score (nSPS) is 16.1. The zero-order chi connectivity index (χ0) is 18.1. The number of aromatic nitrogens is 2. The van der Waals surface area contributed by atoms with Gasteiger partial charge in [-0.15, -0.1) is 0 Å². The largest absolute Gasteiger partial charge is 0.493 e. The van der Waals surface area contributed by atoms with Gasteiger partial charge in [0.05, 0.1) is 23.7 Å². The van der Waals surface area contributed by atoms with E-state index in [9.17, 15) is 9.59 Å². The van der Waals surface area contributed by atoms with Crippen LogP contribution in [-0.2, 0) is 17.9 Å². The summed E-state index contributed by atoms with van der Waals surface area (Å²) in [6.07, 6.45) is 0.717. The lowest BCUT2D eigenvalue weighted by Gasteiger charge is -2.26. The zero-order valence-electron chi connectivity index (χ0n) is 14.6. The summed E-state index contributed by atoms with van der Waals surface area (Å²) in [5, 5.41) is 3.05. The van der Waals surface area contributed by atoms with Crippen LogP contribution in [0.1, 0.15) is 24.9 Å². The van der Waals surface area contributed by atoms with E-state index in [4.69, 9.17) is 4.74 Å². The highest BCUT2D eigenvalue weighted by Crippen LogP contribution is 2.31. The van der Waals surface area contributed by atoms with Crippen molar-refractivity contribution in [2.45, 2.75) is 32.5 Å². The van der Waals surface area contributed by atoms with Crippen LogP contribution in [-0.4, -0.2) is 21.6 Å². The molecule has 0 fully saturated rings. The fourth-order valence-corrected chi connectivity index (χ4v) is 3.61. The van der Waals surface area contributed by atoms with Crippen LogP contribution < -0.4 is 15.7 Å². The monoisotopic (exact) mass is 351 g/mol. The Hall–Kier alpha value is -3.02. The smallest absolute Gasteiger partial charge is 0.329 e. The van der Waals surface area contributed by atoms with Gasteiger partial charge in [0.1, 0.15) is 12.3 Å². The van der Waals surface area contributed by atoms with Crippen LogP contribution in [0.3, 0.4) is 0 Å². The van der Waals surface area contributed by atoms with E-state index in [1.54, 1.807) is 9.13 Å². The molecule has 4 rings (SSSR count). The molecule has 1 aliphatic heterocycles. The van der Waals surface area contributed by atoms with Crippen molar-refractivity contribution in [3.05, 3.63) is 64.6 Å². The molecule has 2 heterocycles. The molecule has 0 aliphatic carbocycles. The molecule has 6 heteroatoms. The Bertz CT molecular complexity index is 1020. The van der Waals surface area contributed by atoms with Gasteiger partial charge in [0.25, 0.3) is 0 Å². The van der Waals surface area contributed by atoms with E-state index >= 15 is 0 Å². The van der Waals surface area contributed by atoms with Gasteiger partial charge in [-0.1, -0.05) is 30.3 Å². The minimum atomic E-state index is -0.173. The highest BCUT2D eigenvalue weighted by molar-refractivity contribution is 5.81. The fraction of sp³-hybridized carbons (Fsp3) is 0.300. The third-order valence-electron chi connectivity index (χ3n) is 4.84. The lowest BCUT2D eigenvalue weighted by Crippen LogP contribution is -2.36. The zero-order valence-corrected chi connectivity index (χ0v) is 14.6. The first kappa shape index (κ1) is 16.4. The Balaban J connectivity index is 1.60. The maximum atomic E-state index is 12.7. The molecular formula is C20H21N3O3. The van der Waals surface area contributed by atoms with Gasteiger partial charge in [0, 0.05) is 18.5 Å². The molecule has 1 N–H and O–H groups in total. The van der Waals surface area contributed by atoms with Crippen LogP contribution in [0.5, 0.6) is 5.75 Å². The summed E-state index contributed by atoms with van der Waals surface area (Å²) < 4.78 is 8.87. The molecule has 0 saturated heterocycles. The SMILES string of the molecule is CCn1c(=O)n(CC(=O)N[C@@H]2CCOc3ccccc32)c2ccccc21. The van der Waals surface area contributed by atoms with Crippen molar-refractivity contribution in [1.29, 1.82) is 0 Å². The highest BCUT2D eigenvalue weighted by atomic mass is 16.5. The van der Waals surface area contributed by atoms with E-state index in [0.29, 0.717) is 19.6 Å². The Kier molecular flexibility index (Phi) is 4.24. The van der Waals surface area contributed by atoms with Crippen molar-refractivity contribution in [1.82, 2.24) is 14.5 Å². The lowest BCUT2D eigenvalue weighted by atomic mass is 10.0. The molecule has 0 saturated carbocycles. The number of carbonyl (C=O) groups excluding carboxylic acids is 1. The molecule has 0 unspecified atom stereocenters. The van der Waals surface area contributed by atoms with Crippen LogP contribution in [0.4, 0.5) is 0 Å². The van der Waals surface area contributed by atoms with E-state index in [1.165, 1.54) is 0 Å². The molecule has 134 valence electrons. The molecule has 1 aromatic heterocycles. The number of aryl methyl sites for hydroxylation is 1. The van der Waals surface area contributed by atoms with Crippen molar-refractivity contribution in [3.63, 3.8) is 0 Å². The van der Waals surface area contributed by atoms with Gasteiger partial charge in [-0.05, 0) is 25.1 Å². The lowest BCUT2D eigenvalue weighted by molar-refractivity contribution is -0.122. The number of rotatable bonds is 4. The van der Waals surface area contributed by atoms with Crippen LogP contribution in [0.15, 0.2) is 53.3 Å². The van der Waals surface area contributed by atoms with E-state index in [1.807, 2.05) is 55.5 Å². The van der Waals surface area contributed by atoms with Crippen LogP contribution >= 0.6 is 0 Å². The standard InChI is InChI=1S/C20H21N3O3/c1-2-22-16-8-4-5-9-17(16)23(20(22)25)13-19(24)21-15-11-12-26-18-10-6-3-7-14(15)18/h3-10,15H,2,11-13H2,1H3,(H,21,24)/t15-/m1/s1. The third kappa shape index (κ3) is 2.77. The number of ether oxygens (including phenoxy) is 1. The maximum absolute atomic E-state index is 12.7. The van der Waals surface area contributed by atoms with Gasteiger partial charge in [0.15, 0.2) is 0 Å².